The van der Waals surface area contributed by atoms with Gasteiger partial charge >= 0.3 is 5.97 Å². The molecule has 0 radical (unpaired) electrons. The summed E-state index contributed by atoms with van der Waals surface area (Å²) >= 11 is 0. The summed E-state index contributed by atoms with van der Waals surface area (Å²) in [5, 5.41) is 14.1. The monoisotopic (exact) mass is 224 g/mol. The SMILES string of the molecule is Cl.[N-]=[N+]=NC[C@]1(F)CN[C@H](C(=O)O)C1. The van der Waals surface area contributed by atoms with Crippen molar-refractivity contribution < 1.29 is 14.3 Å². The van der Waals surface area contributed by atoms with Crippen LogP contribution in [0.4, 0.5) is 4.39 Å². The van der Waals surface area contributed by atoms with Crippen LogP contribution >= 0.6 is 12.4 Å². The second-order valence-electron chi connectivity index (χ2n) is 3.02. The summed E-state index contributed by atoms with van der Waals surface area (Å²) < 4.78 is 13.5. The first-order valence-electron chi connectivity index (χ1n) is 3.73. The summed E-state index contributed by atoms with van der Waals surface area (Å²) in [5.41, 5.74) is 6.26. The second-order valence-corrected chi connectivity index (χ2v) is 3.02. The van der Waals surface area contributed by atoms with Crippen LogP contribution in [0.3, 0.4) is 0 Å². The molecule has 14 heavy (non-hydrogen) atoms. The number of nitrogens with zero attached hydrogens (tertiary/aromatic N) is 3. The molecule has 2 N–H and O–H groups in total. The van der Waals surface area contributed by atoms with Crippen LogP contribution in [0, 0.1) is 0 Å². The van der Waals surface area contributed by atoms with E-state index in [-0.39, 0.29) is 31.9 Å². The highest BCUT2D eigenvalue weighted by Gasteiger charge is 2.41. The fraction of sp³-hybridized carbons (Fsp3) is 0.833. The van der Waals surface area contributed by atoms with E-state index in [1.807, 2.05) is 0 Å². The van der Waals surface area contributed by atoms with Crippen LogP contribution in [0.15, 0.2) is 5.11 Å². The van der Waals surface area contributed by atoms with E-state index in [4.69, 9.17) is 10.6 Å². The molecule has 1 aliphatic rings. The first kappa shape index (κ1) is 13.0. The van der Waals surface area contributed by atoms with Crippen molar-refractivity contribution in [1.82, 2.24) is 5.32 Å². The first-order valence-corrected chi connectivity index (χ1v) is 3.73. The average molecular weight is 225 g/mol. The number of aliphatic carboxylic acids is 1. The molecule has 0 amide bonds. The highest BCUT2D eigenvalue weighted by molar-refractivity contribution is 5.85. The van der Waals surface area contributed by atoms with Crippen LogP contribution in [-0.4, -0.2) is 35.9 Å². The minimum absolute atomic E-state index is 0. The Bertz CT molecular complexity index is 271. The maximum Gasteiger partial charge on any atom is 0.320 e. The van der Waals surface area contributed by atoms with Crippen molar-refractivity contribution in [3.63, 3.8) is 0 Å². The Kier molecular flexibility index (Phi) is 4.62. The first-order chi connectivity index (χ1) is 6.07. The molecule has 6 nitrogen and oxygen atoms in total. The molecular formula is C6H10ClFN4O2. The summed E-state index contributed by atoms with van der Waals surface area (Å²) in [7, 11) is 0. The van der Waals surface area contributed by atoms with Gasteiger partial charge in [-0.1, -0.05) is 5.11 Å². The molecule has 80 valence electrons. The van der Waals surface area contributed by atoms with E-state index >= 15 is 0 Å². The number of carboxylic acids is 1. The molecule has 0 bridgehead atoms. The predicted molar refractivity (Wildman–Crippen MR) is 49.1 cm³/mol. The summed E-state index contributed by atoms with van der Waals surface area (Å²) in [6.45, 7) is -0.400. The number of carbonyl (C=O) groups is 1. The van der Waals surface area contributed by atoms with Gasteiger partial charge in [-0.3, -0.25) is 4.79 Å². The third kappa shape index (κ3) is 3.02. The minimum Gasteiger partial charge on any atom is -0.480 e. The highest BCUT2D eigenvalue weighted by Crippen LogP contribution is 2.24. The van der Waals surface area contributed by atoms with Gasteiger partial charge in [0.2, 0.25) is 0 Å². The lowest BCUT2D eigenvalue weighted by Gasteiger charge is -2.13. The zero-order valence-corrected chi connectivity index (χ0v) is 8.00. The van der Waals surface area contributed by atoms with Gasteiger partial charge in [0, 0.05) is 17.9 Å². The zero-order valence-electron chi connectivity index (χ0n) is 7.18. The fourth-order valence-corrected chi connectivity index (χ4v) is 1.27. The Hall–Kier alpha value is -1.04. The quantitative estimate of drug-likeness (QED) is 0.423. The summed E-state index contributed by atoms with van der Waals surface area (Å²) in [4.78, 5) is 12.9. The van der Waals surface area contributed by atoms with E-state index in [1.54, 1.807) is 0 Å². The molecule has 0 aromatic carbocycles. The van der Waals surface area contributed by atoms with Gasteiger partial charge in [0.25, 0.3) is 0 Å². The number of hydrogen-bond acceptors (Lipinski definition) is 3. The van der Waals surface area contributed by atoms with Crippen molar-refractivity contribution in [2.24, 2.45) is 5.11 Å². The van der Waals surface area contributed by atoms with Crippen LogP contribution in [-0.2, 0) is 4.79 Å². The third-order valence-electron chi connectivity index (χ3n) is 1.95. The lowest BCUT2D eigenvalue weighted by Crippen LogP contribution is -2.30. The maximum absolute atomic E-state index is 13.5. The van der Waals surface area contributed by atoms with Gasteiger partial charge in [-0.2, -0.15) is 0 Å². The van der Waals surface area contributed by atoms with E-state index in [0.717, 1.165) is 0 Å². The smallest absolute Gasteiger partial charge is 0.320 e. The van der Waals surface area contributed by atoms with Crippen LogP contribution in [0.25, 0.3) is 10.4 Å². The van der Waals surface area contributed by atoms with Crippen molar-refractivity contribution in [3.05, 3.63) is 10.4 Å². The van der Waals surface area contributed by atoms with Crippen molar-refractivity contribution in [1.29, 1.82) is 0 Å². The van der Waals surface area contributed by atoms with Gasteiger partial charge in [0.15, 0.2) is 0 Å². The number of nitrogens with one attached hydrogen (secondary N) is 1. The number of hydrogen-bond donors (Lipinski definition) is 2. The van der Waals surface area contributed by atoms with Gasteiger partial charge in [0.05, 0.1) is 6.54 Å². The van der Waals surface area contributed by atoms with E-state index < -0.39 is 17.7 Å². The molecular weight excluding hydrogens is 215 g/mol. The molecule has 1 fully saturated rings. The van der Waals surface area contributed by atoms with E-state index in [0.29, 0.717) is 0 Å². The standard InChI is InChI=1S/C6H9FN4O2.ClH/c7-6(3-10-11-8)1-4(5(12)13)9-2-6;/h4,9H,1-3H2,(H,12,13);1H/t4-,6+;/m0./s1. The molecule has 1 aliphatic heterocycles. The van der Waals surface area contributed by atoms with Crippen LogP contribution in [0.2, 0.25) is 0 Å². The summed E-state index contributed by atoms with van der Waals surface area (Å²) in [6, 6.07) is -0.876. The largest absolute Gasteiger partial charge is 0.480 e. The molecule has 0 aromatic rings. The lowest BCUT2D eigenvalue weighted by atomic mass is 10.0. The molecule has 0 aromatic heterocycles. The maximum atomic E-state index is 13.5. The minimum atomic E-state index is -1.71. The van der Waals surface area contributed by atoms with E-state index in [2.05, 4.69) is 15.3 Å². The number of alkyl halides is 1. The normalized spacial score (nSPS) is 30.2. The topological polar surface area (TPSA) is 98.1 Å². The van der Waals surface area contributed by atoms with Crippen molar-refractivity contribution in [2.75, 3.05) is 13.1 Å². The highest BCUT2D eigenvalue weighted by atomic mass is 35.5. The molecule has 2 atom stereocenters. The van der Waals surface area contributed by atoms with Crippen LogP contribution < -0.4 is 5.32 Å². The molecule has 1 heterocycles. The van der Waals surface area contributed by atoms with Gasteiger partial charge < -0.3 is 10.4 Å². The van der Waals surface area contributed by atoms with E-state index in [9.17, 15) is 9.18 Å². The van der Waals surface area contributed by atoms with Gasteiger partial charge in [-0.25, -0.2) is 4.39 Å². The molecule has 1 saturated heterocycles. The average Bonchev–Trinajstić information content (AvgIpc) is 2.46. The van der Waals surface area contributed by atoms with E-state index in [1.165, 1.54) is 0 Å². The Morgan fingerprint density at radius 1 is 1.86 bits per heavy atom. The predicted octanol–water partition coefficient (Wildman–Crippen LogP) is 0.873. The molecule has 0 saturated carbocycles. The number of rotatable bonds is 3. The second kappa shape index (κ2) is 4.99. The van der Waals surface area contributed by atoms with Gasteiger partial charge in [-0.05, 0) is 5.53 Å². The van der Waals surface area contributed by atoms with Crippen molar-refractivity contribution >= 4 is 18.4 Å². The molecule has 0 aliphatic carbocycles. The Labute approximate surface area is 85.5 Å². The molecule has 8 heteroatoms. The molecule has 1 rings (SSSR count). The Morgan fingerprint density at radius 3 is 2.93 bits per heavy atom. The lowest BCUT2D eigenvalue weighted by molar-refractivity contribution is -0.139. The van der Waals surface area contributed by atoms with Crippen molar-refractivity contribution in [2.45, 2.75) is 18.1 Å². The van der Waals surface area contributed by atoms with Gasteiger partial charge in [-0.15, -0.1) is 12.4 Å². The van der Waals surface area contributed by atoms with Crippen LogP contribution in [0.5, 0.6) is 0 Å². The summed E-state index contributed by atoms with van der Waals surface area (Å²) in [5.74, 6) is -1.08. The van der Waals surface area contributed by atoms with Gasteiger partial charge in [0.1, 0.15) is 11.7 Å². The van der Waals surface area contributed by atoms with Crippen molar-refractivity contribution in [3.8, 4) is 0 Å². The summed E-state index contributed by atoms with van der Waals surface area (Å²) in [6.07, 6.45) is -0.151. The Balaban J connectivity index is 0.00000169. The molecule has 0 unspecified atom stereocenters. The number of carboxylic acid groups (broad SMARTS) is 1. The fourth-order valence-electron chi connectivity index (χ4n) is 1.27. The molecule has 0 spiro atoms. The zero-order chi connectivity index (χ0) is 9.90. The Morgan fingerprint density at radius 2 is 2.50 bits per heavy atom. The number of azide groups is 1. The third-order valence-corrected chi connectivity index (χ3v) is 1.95. The number of halogens is 2. The van der Waals surface area contributed by atoms with Crippen LogP contribution in [0.1, 0.15) is 6.42 Å².